The number of para-hydroxylation sites is 2. The minimum atomic E-state index is 0.581. The van der Waals surface area contributed by atoms with Crippen molar-refractivity contribution in [2.24, 2.45) is 0 Å². The molecule has 3 aromatic heterocycles. The minimum absolute atomic E-state index is 0.581. The van der Waals surface area contributed by atoms with Gasteiger partial charge in [0.15, 0.2) is 23.1 Å². The summed E-state index contributed by atoms with van der Waals surface area (Å²) in [7, 11) is 0. The SMILES string of the molecule is c1ccc2cc3c(cc2c1)c1ccccc1n3-c1ccc(-c2nc(-c3ccc4c(ccc5ccccc54)c3)nc(-c3cccc4ccccc34)n2)c2c1oc1ccccc12. The van der Waals surface area contributed by atoms with Crippen molar-refractivity contribution in [1.29, 1.82) is 0 Å². The van der Waals surface area contributed by atoms with E-state index in [2.05, 4.69) is 187 Å². The van der Waals surface area contributed by atoms with Crippen LogP contribution >= 0.6 is 0 Å². The van der Waals surface area contributed by atoms with Gasteiger partial charge in [0.1, 0.15) is 5.58 Å². The second-order valence-corrected chi connectivity index (χ2v) is 15.6. The van der Waals surface area contributed by atoms with Crippen molar-refractivity contribution in [2.45, 2.75) is 0 Å². The standard InChI is InChI=1S/C55H32N4O/c1-2-15-36-32-49-46(31-35(36)14-1)42-19-7-9-22-47(42)59(49)48-29-28-45(51-44-20-8-10-23-50(44)60-52(48)51)55-57-53(56-54(58-55)43-21-11-16-33-12-3-6-18-40(33)43)38-26-27-41-37(30-38)25-24-34-13-4-5-17-39(34)41/h1-32H. The zero-order valence-electron chi connectivity index (χ0n) is 32.2. The van der Waals surface area contributed by atoms with Crippen molar-refractivity contribution < 1.29 is 4.42 Å². The van der Waals surface area contributed by atoms with Crippen molar-refractivity contribution in [3.05, 3.63) is 194 Å². The molecule has 0 bridgehead atoms. The molecule has 0 aliphatic rings. The van der Waals surface area contributed by atoms with Gasteiger partial charge >= 0.3 is 0 Å². The van der Waals surface area contributed by atoms with Crippen molar-refractivity contribution in [3.8, 4) is 39.9 Å². The maximum atomic E-state index is 6.93. The van der Waals surface area contributed by atoms with Gasteiger partial charge in [-0.15, -0.1) is 0 Å². The molecular formula is C55H32N4O. The molecule has 3 heterocycles. The Morgan fingerprint density at radius 1 is 0.350 bits per heavy atom. The van der Waals surface area contributed by atoms with Crippen LogP contribution in [0.15, 0.2) is 199 Å². The van der Waals surface area contributed by atoms with Gasteiger partial charge in [0.2, 0.25) is 0 Å². The van der Waals surface area contributed by atoms with Gasteiger partial charge in [-0.1, -0.05) is 152 Å². The minimum Gasteiger partial charge on any atom is -0.454 e. The lowest BCUT2D eigenvalue weighted by Gasteiger charge is -2.13. The molecule has 0 atom stereocenters. The number of fused-ring (bicyclic) bond motifs is 11. The van der Waals surface area contributed by atoms with Crippen LogP contribution in [0.1, 0.15) is 0 Å². The maximum Gasteiger partial charge on any atom is 0.164 e. The van der Waals surface area contributed by atoms with Crippen LogP contribution in [0.4, 0.5) is 0 Å². The summed E-state index contributed by atoms with van der Waals surface area (Å²) in [6, 6.07) is 68.6. The van der Waals surface area contributed by atoms with Crippen molar-refractivity contribution in [2.75, 3.05) is 0 Å². The van der Waals surface area contributed by atoms with Gasteiger partial charge in [0, 0.05) is 38.2 Å². The van der Waals surface area contributed by atoms with Gasteiger partial charge < -0.3 is 8.98 Å². The molecule has 0 N–H and O–H groups in total. The first-order valence-electron chi connectivity index (χ1n) is 20.3. The van der Waals surface area contributed by atoms with Crippen LogP contribution in [0.5, 0.6) is 0 Å². The number of benzene rings is 10. The molecule has 5 nitrogen and oxygen atoms in total. The average molecular weight is 765 g/mol. The molecule has 0 spiro atoms. The van der Waals surface area contributed by atoms with E-state index in [1.807, 2.05) is 12.1 Å². The highest BCUT2D eigenvalue weighted by molar-refractivity contribution is 6.18. The van der Waals surface area contributed by atoms with Crippen LogP contribution in [0.2, 0.25) is 0 Å². The van der Waals surface area contributed by atoms with E-state index >= 15 is 0 Å². The summed E-state index contributed by atoms with van der Waals surface area (Å²) in [6.45, 7) is 0. The van der Waals surface area contributed by atoms with Crippen LogP contribution in [0, 0.1) is 0 Å². The Kier molecular flexibility index (Phi) is 6.95. The van der Waals surface area contributed by atoms with E-state index in [9.17, 15) is 0 Å². The highest BCUT2D eigenvalue weighted by atomic mass is 16.3. The summed E-state index contributed by atoms with van der Waals surface area (Å²) in [5, 5.41) is 13.7. The third-order valence-corrected chi connectivity index (χ3v) is 12.2. The summed E-state index contributed by atoms with van der Waals surface area (Å²) in [6.07, 6.45) is 0. The van der Waals surface area contributed by atoms with Gasteiger partial charge in [-0.2, -0.15) is 0 Å². The first-order valence-corrected chi connectivity index (χ1v) is 20.3. The van der Waals surface area contributed by atoms with Crippen LogP contribution < -0.4 is 0 Å². The summed E-state index contributed by atoms with van der Waals surface area (Å²) in [5.74, 6) is 1.81. The summed E-state index contributed by atoms with van der Waals surface area (Å²) in [4.78, 5) is 15.9. The quantitative estimate of drug-likeness (QED) is 0.167. The second-order valence-electron chi connectivity index (χ2n) is 15.6. The molecular weight excluding hydrogens is 733 g/mol. The van der Waals surface area contributed by atoms with Crippen molar-refractivity contribution >= 4 is 86.8 Å². The number of hydrogen-bond donors (Lipinski definition) is 0. The number of nitrogens with zero attached hydrogens (tertiary/aromatic N) is 4. The monoisotopic (exact) mass is 764 g/mol. The predicted molar refractivity (Wildman–Crippen MR) is 248 cm³/mol. The molecule has 60 heavy (non-hydrogen) atoms. The van der Waals surface area contributed by atoms with Crippen molar-refractivity contribution in [1.82, 2.24) is 19.5 Å². The molecule has 13 rings (SSSR count). The van der Waals surface area contributed by atoms with Gasteiger partial charge in [-0.3, -0.25) is 0 Å². The summed E-state index contributed by atoms with van der Waals surface area (Å²) in [5.41, 5.74) is 7.51. The predicted octanol–water partition coefficient (Wildman–Crippen LogP) is 14.5. The van der Waals surface area contributed by atoms with E-state index in [1.54, 1.807) is 0 Å². The molecule has 10 aromatic carbocycles. The van der Waals surface area contributed by atoms with E-state index in [-0.39, 0.29) is 0 Å². The molecule has 0 amide bonds. The number of aromatic nitrogens is 4. The Labute approximate surface area is 343 Å². The number of hydrogen-bond acceptors (Lipinski definition) is 4. The van der Waals surface area contributed by atoms with Gasteiger partial charge in [-0.25, -0.2) is 15.0 Å². The van der Waals surface area contributed by atoms with Crippen LogP contribution in [-0.2, 0) is 0 Å². The highest BCUT2D eigenvalue weighted by Gasteiger charge is 2.23. The fraction of sp³-hybridized carbons (Fsp3) is 0. The van der Waals surface area contributed by atoms with Gasteiger partial charge in [-0.05, 0) is 85.6 Å². The third kappa shape index (κ3) is 4.90. The maximum absolute atomic E-state index is 6.93. The van der Waals surface area contributed by atoms with E-state index in [0.29, 0.717) is 17.5 Å². The van der Waals surface area contributed by atoms with E-state index in [4.69, 9.17) is 19.4 Å². The fourth-order valence-electron chi connectivity index (χ4n) is 9.41. The number of rotatable bonds is 4. The molecule has 0 radical (unpaired) electrons. The van der Waals surface area contributed by atoms with E-state index in [0.717, 1.165) is 71.5 Å². The van der Waals surface area contributed by atoms with Gasteiger partial charge in [0.05, 0.1) is 16.7 Å². The first-order chi connectivity index (χ1) is 29.7. The molecule has 0 saturated carbocycles. The molecule has 0 unspecified atom stereocenters. The molecule has 0 aliphatic carbocycles. The lowest BCUT2D eigenvalue weighted by molar-refractivity contribution is 0.666. The molecule has 0 aliphatic heterocycles. The summed E-state index contributed by atoms with van der Waals surface area (Å²) >= 11 is 0. The molecule has 0 saturated heterocycles. The topological polar surface area (TPSA) is 56.7 Å². The van der Waals surface area contributed by atoms with E-state index < -0.39 is 0 Å². The number of furan rings is 1. The Hall–Kier alpha value is -8.15. The largest absolute Gasteiger partial charge is 0.454 e. The highest BCUT2D eigenvalue weighted by Crippen LogP contribution is 2.43. The second kappa shape index (κ2) is 12.7. The van der Waals surface area contributed by atoms with Gasteiger partial charge in [0.25, 0.3) is 0 Å². The van der Waals surface area contributed by atoms with Crippen LogP contribution in [-0.4, -0.2) is 19.5 Å². The van der Waals surface area contributed by atoms with Crippen LogP contribution in [0.3, 0.4) is 0 Å². The molecule has 5 heteroatoms. The smallest absolute Gasteiger partial charge is 0.164 e. The summed E-state index contributed by atoms with van der Waals surface area (Å²) < 4.78 is 9.29. The van der Waals surface area contributed by atoms with E-state index in [1.165, 1.54) is 37.7 Å². The average Bonchev–Trinajstić information content (AvgIpc) is 3.86. The molecule has 13 aromatic rings. The lowest BCUT2D eigenvalue weighted by atomic mass is 9.99. The van der Waals surface area contributed by atoms with Crippen molar-refractivity contribution in [3.63, 3.8) is 0 Å². The Bertz CT molecular complexity index is 3910. The lowest BCUT2D eigenvalue weighted by Crippen LogP contribution is -2.02. The zero-order chi connectivity index (χ0) is 39.3. The Morgan fingerprint density at radius 2 is 0.967 bits per heavy atom. The zero-order valence-corrected chi connectivity index (χ0v) is 32.2. The Balaban J connectivity index is 1.10. The molecule has 278 valence electrons. The normalized spacial score (nSPS) is 12.0. The fourth-order valence-corrected chi connectivity index (χ4v) is 9.41. The third-order valence-electron chi connectivity index (χ3n) is 12.2. The van der Waals surface area contributed by atoms with Crippen LogP contribution in [0.25, 0.3) is 127 Å². The first kappa shape index (κ1) is 32.9. The Morgan fingerprint density at radius 3 is 1.82 bits per heavy atom. The molecule has 0 fully saturated rings.